The van der Waals surface area contributed by atoms with Crippen molar-refractivity contribution >= 4 is 5.97 Å². The first-order valence-corrected chi connectivity index (χ1v) is 32.4. The maximum atomic E-state index is 12.4. The van der Waals surface area contributed by atoms with Gasteiger partial charge in [-0.25, -0.2) is 4.79 Å². The van der Waals surface area contributed by atoms with Gasteiger partial charge < -0.3 is 33.5 Å². The standard InChI is InChI=1S/C69H114O8/c1-5-9-13-17-21-25-29-33-37-41-45-72-63-49-60(50-64(55-63)73-46-42-38-34-30-26-22-18-14-10-6-2)58-76-67-53-62(69(70)71)54-68(57-67)77-59-61-51-65(74-47-43-39-35-31-27-23-19-15-11-7-3)56-66(52-61)75-48-44-40-36-32-28-24-20-16-12-8-4/h49-57H,5-48,58-59H2,1-4H3,(H,70,71). The lowest BCUT2D eigenvalue weighted by Gasteiger charge is -2.15. The van der Waals surface area contributed by atoms with Crippen LogP contribution in [0.2, 0.25) is 0 Å². The molecule has 0 fully saturated rings. The lowest BCUT2D eigenvalue weighted by atomic mass is 10.1. The molecule has 0 heterocycles. The van der Waals surface area contributed by atoms with E-state index in [9.17, 15) is 9.90 Å². The van der Waals surface area contributed by atoms with Gasteiger partial charge in [-0.05, 0) is 73.2 Å². The molecule has 3 aromatic carbocycles. The zero-order chi connectivity index (χ0) is 54.9. The van der Waals surface area contributed by atoms with E-state index in [1.807, 2.05) is 36.4 Å². The largest absolute Gasteiger partial charge is 0.493 e. The van der Waals surface area contributed by atoms with Crippen LogP contribution in [0.3, 0.4) is 0 Å². The molecule has 0 amide bonds. The Kier molecular flexibility index (Phi) is 41.8. The first-order chi connectivity index (χ1) is 37.9. The van der Waals surface area contributed by atoms with Crippen molar-refractivity contribution in [1.29, 1.82) is 0 Å². The molecule has 3 rings (SSSR count). The van der Waals surface area contributed by atoms with E-state index in [1.54, 1.807) is 18.2 Å². The van der Waals surface area contributed by atoms with Gasteiger partial charge in [-0.15, -0.1) is 0 Å². The molecule has 0 bridgehead atoms. The number of rotatable bonds is 55. The highest BCUT2D eigenvalue weighted by Crippen LogP contribution is 2.30. The third-order valence-electron chi connectivity index (χ3n) is 14.9. The van der Waals surface area contributed by atoms with Gasteiger partial charge in [0.05, 0.1) is 32.0 Å². The molecule has 0 saturated carbocycles. The van der Waals surface area contributed by atoms with Gasteiger partial charge in [0.2, 0.25) is 0 Å². The molecule has 438 valence electrons. The number of aromatic carboxylic acids is 1. The van der Waals surface area contributed by atoms with Crippen molar-refractivity contribution in [3.05, 3.63) is 71.3 Å². The summed E-state index contributed by atoms with van der Waals surface area (Å²) >= 11 is 0. The summed E-state index contributed by atoms with van der Waals surface area (Å²) in [4.78, 5) is 12.4. The van der Waals surface area contributed by atoms with Crippen LogP contribution in [0.25, 0.3) is 0 Å². The van der Waals surface area contributed by atoms with E-state index in [-0.39, 0.29) is 18.8 Å². The van der Waals surface area contributed by atoms with Gasteiger partial charge in [0.15, 0.2) is 0 Å². The van der Waals surface area contributed by atoms with Crippen molar-refractivity contribution in [2.75, 3.05) is 26.4 Å². The summed E-state index contributed by atoms with van der Waals surface area (Å²) in [5, 5.41) is 10.2. The van der Waals surface area contributed by atoms with E-state index in [0.29, 0.717) is 37.9 Å². The second kappa shape index (κ2) is 47.9. The van der Waals surface area contributed by atoms with Gasteiger partial charge in [-0.2, -0.15) is 0 Å². The Labute approximate surface area is 472 Å². The zero-order valence-electron chi connectivity index (χ0n) is 50.0. The molecule has 0 atom stereocenters. The maximum absolute atomic E-state index is 12.4. The average Bonchev–Trinajstić information content (AvgIpc) is 3.43. The van der Waals surface area contributed by atoms with Crippen LogP contribution in [-0.2, 0) is 13.2 Å². The normalized spacial score (nSPS) is 11.3. The third kappa shape index (κ3) is 36.7. The number of benzene rings is 3. The summed E-state index contributed by atoms with van der Waals surface area (Å²) in [6.45, 7) is 12.1. The predicted molar refractivity (Wildman–Crippen MR) is 324 cm³/mol. The summed E-state index contributed by atoms with van der Waals surface area (Å²) in [5.74, 6) is 2.86. The minimum absolute atomic E-state index is 0.0979. The van der Waals surface area contributed by atoms with Crippen LogP contribution in [0.4, 0.5) is 0 Å². The molecule has 0 aromatic heterocycles. The van der Waals surface area contributed by atoms with Crippen molar-refractivity contribution in [2.45, 2.75) is 298 Å². The van der Waals surface area contributed by atoms with E-state index in [1.165, 1.54) is 205 Å². The number of ether oxygens (including phenoxy) is 6. The molecule has 0 spiro atoms. The smallest absolute Gasteiger partial charge is 0.335 e. The first kappa shape index (κ1) is 67.2. The summed E-state index contributed by atoms with van der Waals surface area (Å²) in [7, 11) is 0. The second-order valence-electron chi connectivity index (χ2n) is 22.3. The molecule has 0 aliphatic carbocycles. The first-order valence-electron chi connectivity index (χ1n) is 32.4. The summed E-state index contributed by atoms with van der Waals surface area (Å²) < 4.78 is 38.1. The summed E-state index contributed by atoms with van der Waals surface area (Å²) in [6.07, 6.45) is 51.1. The number of carboxylic acids is 1. The summed E-state index contributed by atoms with van der Waals surface area (Å²) in [6, 6.07) is 17.0. The van der Waals surface area contributed by atoms with Crippen LogP contribution < -0.4 is 28.4 Å². The highest BCUT2D eigenvalue weighted by Gasteiger charge is 2.13. The molecule has 77 heavy (non-hydrogen) atoms. The predicted octanol–water partition coefficient (Wildman–Crippen LogP) is 21.7. The second-order valence-corrected chi connectivity index (χ2v) is 22.3. The van der Waals surface area contributed by atoms with Crippen LogP contribution in [0.5, 0.6) is 34.5 Å². The molecule has 0 unspecified atom stereocenters. The van der Waals surface area contributed by atoms with Gasteiger partial charge in [-0.3, -0.25) is 0 Å². The Morgan fingerprint density at radius 2 is 0.468 bits per heavy atom. The van der Waals surface area contributed by atoms with Gasteiger partial charge in [0.1, 0.15) is 47.7 Å². The molecule has 0 aliphatic rings. The maximum Gasteiger partial charge on any atom is 0.335 e. The molecule has 1 N–H and O–H groups in total. The molecule has 8 nitrogen and oxygen atoms in total. The van der Waals surface area contributed by atoms with Crippen molar-refractivity contribution < 1.29 is 38.3 Å². The van der Waals surface area contributed by atoms with E-state index < -0.39 is 5.97 Å². The monoisotopic (exact) mass is 1070 g/mol. The zero-order valence-corrected chi connectivity index (χ0v) is 50.0. The Morgan fingerprint density at radius 3 is 0.675 bits per heavy atom. The quantitative estimate of drug-likeness (QED) is 0.0559. The molecule has 3 aromatic rings. The Bertz CT molecular complexity index is 1630. The van der Waals surface area contributed by atoms with Gasteiger partial charge in [-0.1, -0.05) is 259 Å². The molecule has 0 saturated heterocycles. The lowest BCUT2D eigenvalue weighted by molar-refractivity contribution is 0.0695. The van der Waals surface area contributed by atoms with E-state index >= 15 is 0 Å². The Hall–Kier alpha value is -4.07. The molecular formula is C69H114O8. The fourth-order valence-electron chi connectivity index (χ4n) is 10.1. The van der Waals surface area contributed by atoms with Crippen LogP contribution in [-0.4, -0.2) is 37.5 Å². The SMILES string of the molecule is CCCCCCCCCCCCOc1cc(COc2cc(OCc3cc(OCCCCCCCCCCCC)cc(OCCCCCCCCCCCC)c3)cc(C(=O)O)c2)cc(OCCCCCCCCCCCC)c1. The fraction of sp³-hybridized carbons (Fsp3) is 0.725. The number of hydrogen-bond acceptors (Lipinski definition) is 7. The highest BCUT2D eigenvalue weighted by molar-refractivity contribution is 5.88. The molecule has 8 heteroatoms. The summed E-state index contributed by atoms with van der Waals surface area (Å²) in [5.41, 5.74) is 1.89. The van der Waals surface area contributed by atoms with Crippen molar-refractivity contribution in [3.63, 3.8) is 0 Å². The van der Waals surface area contributed by atoms with Crippen LogP contribution in [0.15, 0.2) is 54.6 Å². The third-order valence-corrected chi connectivity index (χ3v) is 14.9. The van der Waals surface area contributed by atoms with Gasteiger partial charge in [0.25, 0.3) is 0 Å². The van der Waals surface area contributed by atoms with Crippen LogP contribution in [0.1, 0.15) is 306 Å². The number of carboxylic acid groups (broad SMARTS) is 1. The van der Waals surface area contributed by atoms with E-state index in [0.717, 1.165) is 85.5 Å². The van der Waals surface area contributed by atoms with Crippen LogP contribution in [0, 0.1) is 0 Å². The van der Waals surface area contributed by atoms with Crippen molar-refractivity contribution in [2.24, 2.45) is 0 Å². The molecular weight excluding hydrogens is 957 g/mol. The van der Waals surface area contributed by atoms with Crippen molar-refractivity contribution in [1.82, 2.24) is 0 Å². The molecule has 0 aliphatic heterocycles. The Balaban J connectivity index is 1.63. The lowest BCUT2D eigenvalue weighted by Crippen LogP contribution is -2.05. The highest BCUT2D eigenvalue weighted by atomic mass is 16.5. The minimum atomic E-state index is -1.05. The Morgan fingerprint density at radius 1 is 0.273 bits per heavy atom. The van der Waals surface area contributed by atoms with E-state index in [2.05, 4.69) is 27.7 Å². The average molecular weight is 1070 g/mol. The number of hydrogen-bond donors (Lipinski definition) is 1. The topological polar surface area (TPSA) is 92.7 Å². The number of unbranched alkanes of at least 4 members (excludes halogenated alkanes) is 36. The molecule has 0 radical (unpaired) electrons. The number of carbonyl (C=O) groups is 1. The van der Waals surface area contributed by atoms with Gasteiger partial charge in [0, 0.05) is 18.2 Å². The minimum Gasteiger partial charge on any atom is -0.493 e. The van der Waals surface area contributed by atoms with Crippen molar-refractivity contribution in [3.8, 4) is 34.5 Å². The van der Waals surface area contributed by atoms with Gasteiger partial charge >= 0.3 is 5.97 Å². The van der Waals surface area contributed by atoms with E-state index in [4.69, 9.17) is 28.4 Å². The fourth-order valence-corrected chi connectivity index (χ4v) is 10.1. The van der Waals surface area contributed by atoms with Crippen LogP contribution >= 0.6 is 0 Å².